The van der Waals surface area contributed by atoms with E-state index in [1.807, 2.05) is 19.9 Å². The molecule has 0 fully saturated rings. The van der Waals surface area contributed by atoms with Crippen molar-refractivity contribution in [3.8, 4) is 0 Å². The lowest BCUT2D eigenvalue weighted by atomic mass is 10.0. The summed E-state index contributed by atoms with van der Waals surface area (Å²) in [5.41, 5.74) is 14.5. The highest BCUT2D eigenvalue weighted by atomic mass is 79.9. The number of halogens is 1. The van der Waals surface area contributed by atoms with Gasteiger partial charge >= 0.3 is 0 Å². The molecule has 12 heavy (non-hydrogen) atoms. The molecule has 2 nitrogen and oxygen atoms in total. The maximum Gasteiger partial charge on any atom is 0.0787 e. The highest BCUT2D eigenvalue weighted by Crippen LogP contribution is 2.23. The molecular weight excluding hydrogens is 216 g/mol. The lowest BCUT2D eigenvalue weighted by molar-refractivity contribution is 0.764. The molecule has 0 aliphatic carbocycles. The molecule has 0 aliphatic rings. The molecule has 0 amide bonds. The zero-order valence-corrected chi connectivity index (χ0v) is 8.85. The van der Waals surface area contributed by atoms with Crippen LogP contribution in [0.4, 0.5) is 0 Å². The summed E-state index contributed by atoms with van der Waals surface area (Å²) in [4.78, 5) is 0. The van der Waals surface area contributed by atoms with Crippen LogP contribution < -0.4 is 11.5 Å². The van der Waals surface area contributed by atoms with E-state index in [0.29, 0.717) is 0 Å². The third kappa shape index (κ3) is 1.86. The summed E-state index contributed by atoms with van der Waals surface area (Å²) in [5, 5.41) is 0. The van der Waals surface area contributed by atoms with E-state index in [-0.39, 0.29) is 6.17 Å². The molecule has 1 rings (SSSR count). The Balaban J connectivity index is 3.28. The van der Waals surface area contributed by atoms with Crippen LogP contribution in [0.25, 0.3) is 0 Å². The van der Waals surface area contributed by atoms with Gasteiger partial charge in [-0.05, 0) is 36.6 Å². The number of hydrogen-bond donors (Lipinski definition) is 2. The number of nitrogens with two attached hydrogens (primary N) is 2. The second kappa shape index (κ2) is 3.56. The topological polar surface area (TPSA) is 52.0 Å². The molecular formula is C9H13BrN2. The fourth-order valence-corrected chi connectivity index (χ4v) is 1.78. The Kier molecular flexibility index (Phi) is 2.88. The van der Waals surface area contributed by atoms with E-state index in [1.54, 1.807) is 0 Å². The predicted molar refractivity (Wildman–Crippen MR) is 54.7 cm³/mol. The minimum absolute atomic E-state index is 0.388. The molecule has 1 aromatic carbocycles. The third-order valence-electron chi connectivity index (χ3n) is 1.89. The lowest BCUT2D eigenvalue weighted by Crippen LogP contribution is -2.21. The molecule has 0 atom stereocenters. The zero-order chi connectivity index (χ0) is 9.30. The van der Waals surface area contributed by atoms with E-state index in [0.717, 1.165) is 15.6 Å². The van der Waals surface area contributed by atoms with Crippen molar-refractivity contribution in [1.29, 1.82) is 0 Å². The molecule has 0 saturated heterocycles. The maximum atomic E-state index is 5.61. The Morgan fingerprint density at radius 3 is 2.33 bits per heavy atom. The van der Waals surface area contributed by atoms with Gasteiger partial charge in [-0.2, -0.15) is 0 Å². The molecule has 1 aromatic rings. The average Bonchev–Trinajstić information content (AvgIpc) is 1.96. The average molecular weight is 229 g/mol. The van der Waals surface area contributed by atoms with Crippen molar-refractivity contribution in [2.24, 2.45) is 11.5 Å². The Morgan fingerprint density at radius 2 is 1.83 bits per heavy atom. The van der Waals surface area contributed by atoms with Gasteiger partial charge in [-0.1, -0.05) is 22.0 Å². The van der Waals surface area contributed by atoms with Gasteiger partial charge in [0.05, 0.1) is 6.17 Å². The van der Waals surface area contributed by atoms with Gasteiger partial charge < -0.3 is 11.5 Å². The van der Waals surface area contributed by atoms with E-state index in [4.69, 9.17) is 11.5 Å². The predicted octanol–water partition coefficient (Wildman–Crippen LogP) is 1.98. The number of benzene rings is 1. The normalized spacial score (nSPS) is 10.8. The van der Waals surface area contributed by atoms with Crippen molar-refractivity contribution in [3.05, 3.63) is 33.3 Å². The van der Waals surface area contributed by atoms with Crippen LogP contribution >= 0.6 is 15.9 Å². The molecule has 0 heterocycles. The first-order valence-electron chi connectivity index (χ1n) is 3.80. The van der Waals surface area contributed by atoms with Crippen LogP contribution in [0, 0.1) is 13.8 Å². The van der Waals surface area contributed by atoms with Gasteiger partial charge in [0.1, 0.15) is 0 Å². The van der Waals surface area contributed by atoms with Crippen LogP contribution in [0.3, 0.4) is 0 Å². The van der Waals surface area contributed by atoms with Gasteiger partial charge in [0.25, 0.3) is 0 Å². The van der Waals surface area contributed by atoms with Crippen LogP contribution in [0.2, 0.25) is 0 Å². The van der Waals surface area contributed by atoms with Gasteiger partial charge in [-0.15, -0.1) is 0 Å². The molecule has 0 aromatic heterocycles. The Labute approximate surface area is 81.1 Å². The van der Waals surface area contributed by atoms with Gasteiger partial charge in [0.15, 0.2) is 0 Å². The number of hydrogen-bond acceptors (Lipinski definition) is 2. The van der Waals surface area contributed by atoms with Crippen LogP contribution in [0.15, 0.2) is 16.6 Å². The summed E-state index contributed by atoms with van der Waals surface area (Å²) < 4.78 is 1.07. The summed E-state index contributed by atoms with van der Waals surface area (Å²) in [6.45, 7) is 4.03. The van der Waals surface area contributed by atoms with E-state index < -0.39 is 0 Å². The fraction of sp³-hybridized carbons (Fsp3) is 0.333. The highest BCUT2D eigenvalue weighted by molar-refractivity contribution is 9.10. The van der Waals surface area contributed by atoms with Crippen LogP contribution in [0.5, 0.6) is 0 Å². The monoisotopic (exact) mass is 228 g/mol. The maximum absolute atomic E-state index is 5.61. The summed E-state index contributed by atoms with van der Waals surface area (Å²) in [5.74, 6) is 0. The Bertz CT molecular complexity index is 295. The molecule has 0 bridgehead atoms. The van der Waals surface area contributed by atoms with Crippen molar-refractivity contribution in [3.63, 3.8) is 0 Å². The van der Waals surface area contributed by atoms with Gasteiger partial charge in [-0.25, -0.2) is 0 Å². The number of rotatable bonds is 1. The van der Waals surface area contributed by atoms with E-state index in [1.165, 1.54) is 5.56 Å². The van der Waals surface area contributed by atoms with E-state index in [2.05, 4.69) is 22.0 Å². The molecule has 0 unspecified atom stereocenters. The lowest BCUT2D eigenvalue weighted by Gasteiger charge is -2.12. The highest BCUT2D eigenvalue weighted by Gasteiger charge is 2.07. The number of aryl methyl sites for hydroxylation is 1. The third-order valence-corrected chi connectivity index (χ3v) is 2.71. The summed E-state index contributed by atoms with van der Waals surface area (Å²) in [6, 6.07) is 4.08. The largest absolute Gasteiger partial charge is 0.312 e. The Morgan fingerprint density at radius 1 is 1.25 bits per heavy atom. The van der Waals surface area contributed by atoms with E-state index >= 15 is 0 Å². The first-order valence-corrected chi connectivity index (χ1v) is 4.59. The van der Waals surface area contributed by atoms with Gasteiger partial charge in [0.2, 0.25) is 0 Å². The smallest absolute Gasteiger partial charge is 0.0787 e. The van der Waals surface area contributed by atoms with Crippen molar-refractivity contribution < 1.29 is 0 Å². The first-order chi connectivity index (χ1) is 5.52. The second-order valence-corrected chi connectivity index (χ2v) is 3.84. The molecule has 0 spiro atoms. The fourth-order valence-electron chi connectivity index (χ4n) is 1.19. The minimum atomic E-state index is -0.388. The minimum Gasteiger partial charge on any atom is -0.312 e. The van der Waals surface area contributed by atoms with Crippen molar-refractivity contribution in [2.45, 2.75) is 20.0 Å². The first kappa shape index (κ1) is 9.71. The Hall–Kier alpha value is -0.380. The second-order valence-electron chi connectivity index (χ2n) is 2.99. The van der Waals surface area contributed by atoms with Gasteiger partial charge in [-0.3, -0.25) is 0 Å². The van der Waals surface area contributed by atoms with Crippen molar-refractivity contribution >= 4 is 15.9 Å². The van der Waals surface area contributed by atoms with Crippen molar-refractivity contribution in [1.82, 2.24) is 0 Å². The summed E-state index contributed by atoms with van der Waals surface area (Å²) in [6.07, 6.45) is -0.388. The van der Waals surface area contributed by atoms with Crippen LogP contribution in [-0.2, 0) is 0 Å². The molecule has 66 valence electrons. The standard InChI is InChI=1S/C9H13BrN2/c1-5-3-7(9(11)12)6(2)8(10)4-5/h3-4,9H,11-12H2,1-2H3. The summed E-state index contributed by atoms with van der Waals surface area (Å²) >= 11 is 3.45. The molecule has 3 heteroatoms. The quantitative estimate of drug-likeness (QED) is 0.723. The molecule has 0 aliphatic heterocycles. The van der Waals surface area contributed by atoms with Gasteiger partial charge in [0, 0.05) is 4.47 Å². The molecule has 0 saturated carbocycles. The molecule has 4 N–H and O–H groups in total. The van der Waals surface area contributed by atoms with Crippen molar-refractivity contribution in [2.75, 3.05) is 0 Å². The van der Waals surface area contributed by atoms with Crippen LogP contribution in [0.1, 0.15) is 22.9 Å². The van der Waals surface area contributed by atoms with E-state index in [9.17, 15) is 0 Å². The molecule has 0 radical (unpaired) electrons. The summed E-state index contributed by atoms with van der Waals surface area (Å²) in [7, 11) is 0. The van der Waals surface area contributed by atoms with Crippen LogP contribution in [-0.4, -0.2) is 0 Å². The SMILES string of the molecule is Cc1cc(Br)c(C)c(C(N)N)c1. The zero-order valence-electron chi connectivity index (χ0n) is 7.26.